The SMILES string of the molecule is Cn1c(=O)ccc2ccc(F)c(OCC3CCC(NC(=O)O)CC3)c21. The lowest BCUT2D eigenvalue weighted by Crippen LogP contribution is -2.37. The van der Waals surface area contributed by atoms with E-state index in [0.717, 1.165) is 31.1 Å². The van der Waals surface area contributed by atoms with Gasteiger partial charge >= 0.3 is 6.09 Å². The highest BCUT2D eigenvalue weighted by Crippen LogP contribution is 2.30. The third kappa shape index (κ3) is 3.75. The number of benzene rings is 1. The van der Waals surface area contributed by atoms with E-state index in [1.807, 2.05) is 0 Å². The lowest BCUT2D eigenvalue weighted by Gasteiger charge is -2.28. The molecule has 2 aromatic rings. The molecule has 1 amide bonds. The molecule has 25 heavy (non-hydrogen) atoms. The van der Waals surface area contributed by atoms with E-state index < -0.39 is 11.9 Å². The molecule has 1 aliphatic rings. The van der Waals surface area contributed by atoms with Crippen LogP contribution in [0.3, 0.4) is 0 Å². The van der Waals surface area contributed by atoms with Crippen molar-refractivity contribution in [3.8, 4) is 5.75 Å². The van der Waals surface area contributed by atoms with Crippen LogP contribution in [0.4, 0.5) is 9.18 Å². The Balaban J connectivity index is 1.72. The number of carboxylic acid groups (broad SMARTS) is 1. The Morgan fingerprint density at radius 1 is 1.28 bits per heavy atom. The molecule has 1 fully saturated rings. The standard InChI is InChI=1S/C18H21FN2O4/c1-21-15(22)9-5-12-4-8-14(19)17(16(12)21)25-10-11-2-6-13(7-3-11)20-18(23)24/h4-5,8-9,11,13,20H,2-3,6-7,10H2,1H3,(H,23,24). The van der Waals surface area contributed by atoms with Gasteiger partial charge in [0.15, 0.2) is 11.6 Å². The maximum Gasteiger partial charge on any atom is 0.404 e. The van der Waals surface area contributed by atoms with Crippen molar-refractivity contribution >= 4 is 17.0 Å². The molecule has 6 nitrogen and oxygen atoms in total. The Bertz CT molecular complexity index is 841. The van der Waals surface area contributed by atoms with Gasteiger partial charge in [-0.15, -0.1) is 0 Å². The highest BCUT2D eigenvalue weighted by Gasteiger charge is 2.23. The summed E-state index contributed by atoms with van der Waals surface area (Å²) >= 11 is 0. The van der Waals surface area contributed by atoms with E-state index in [2.05, 4.69) is 5.32 Å². The van der Waals surface area contributed by atoms with Crippen LogP contribution in [0.1, 0.15) is 25.7 Å². The molecular weight excluding hydrogens is 327 g/mol. The number of carbonyl (C=O) groups is 1. The number of amides is 1. The average molecular weight is 348 g/mol. The number of hydrogen-bond acceptors (Lipinski definition) is 3. The van der Waals surface area contributed by atoms with E-state index in [1.165, 1.54) is 16.7 Å². The fourth-order valence-electron chi connectivity index (χ4n) is 3.41. The molecule has 1 aromatic carbocycles. The van der Waals surface area contributed by atoms with Gasteiger partial charge in [-0.3, -0.25) is 4.79 Å². The summed E-state index contributed by atoms with van der Waals surface area (Å²) in [5.41, 5.74) is 0.233. The maximum absolute atomic E-state index is 14.3. The molecule has 1 aromatic heterocycles. The molecule has 0 radical (unpaired) electrons. The monoisotopic (exact) mass is 348 g/mol. The van der Waals surface area contributed by atoms with E-state index in [4.69, 9.17) is 9.84 Å². The molecule has 0 unspecified atom stereocenters. The fraction of sp³-hybridized carbons (Fsp3) is 0.444. The van der Waals surface area contributed by atoms with Crippen LogP contribution in [0.25, 0.3) is 10.9 Å². The van der Waals surface area contributed by atoms with Gasteiger partial charge in [0.1, 0.15) is 0 Å². The van der Waals surface area contributed by atoms with Crippen LogP contribution in [-0.2, 0) is 7.05 Å². The zero-order valence-corrected chi connectivity index (χ0v) is 14.0. The maximum atomic E-state index is 14.3. The molecule has 1 saturated carbocycles. The number of pyridine rings is 1. The summed E-state index contributed by atoms with van der Waals surface area (Å²) in [6.07, 6.45) is 2.12. The highest BCUT2D eigenvalue weighted by atomic mass is 19.1. The Morgan fingerprint density at radius 2 is 1.96 bits per heavy atom. The molecule has 1 heterocycles. The van der Waals surface area contributed by atoms with Gasteiger partial charge in [-0.05, 0) is 49.8 Å². The second-order valence-corrected chi connectivity index (χ2v) is 6.52. The summed E-state index contributed by atoms with van der Waals surface area (Å²) in [6.45, 7) is 0.346. The van der Waals surface area contributed by atoms with Crippen molar-refractivity contribution in [3.63, 3.8) is 0 Å². The molecule has 2 N–H and O–H groups in total. The van der Waals surface area contributed by atoms with Crippen LogP contribution in [0.2, 0.25) is 0 Å². The van der Waals surface area contributed by atoms with Crippen LogP contribution >= 0.6 is 0 Å². The molecule has 3 rings (SSSR count). The zero-order chi connectivity index (χ0) is 18.0. The summed E-state index contributed by atoms with van der Waals surface area (Å²) in [5, 5.41) is 12.0. The van der Waals surface area contributed by atoms with Crippen LogP contribution < -0.4 is 15.6 Å². The van der Waals surface area contributed by atoms with Crippen molar-refractivity contribution in [1.29, 1.82) is 0 Å². The van der Waals surface area contributed by atoms with Crippen molar-refractivity contribution in [3.05, 3.63) is 40.4 Å². The quantitative estimate of drug-likeness (QED) is 0.890. The number of nitrogens with zero attached hydrogens (tertiary/aromatic N) is 1. The van der Waals surface area contributed by atoms with E-state index in [-0.39, 0.29) is 23.3 Å². The van der Waals surface area contributed by atoms with Crippen LogP contribution in [0, 0.1) is 11.7 Å². The predicted octanol–water partition coefficient (Wildman–Crippen LogP) is 2.88. The molecular formula is C18H21FN2O4. The Kier molecular flexibility index (Phi) is 4.92. The first-order valence-electron chi connectivity index (χ1n) is 8.36. The van der Waals surface area contributed by atoms with Gasteiger partial charge in [0.25, 0.3) is 5.56 Å². The Labute approximate surface area is 144 Å². The molecule has 0 bridgehead atoms. The van der Waals surface area contributed by atoms with Gasteiger partial charge in [-0.1, -0.05) is 0 Å². The first kappa shape index (κ1) is 17.3. The first-order valence-corrected chi connectivity index (χ1v) is 8.36. The minimum atomic E-state index is -1.00. The van der Waals surface area contributed by atoms with E-state index >= 15 is 0 Å². The van der Waals surface area contributed by atoms with Crippen LogP contribution in [0.5, 0.6) is 5.75 Å². The summed E-state index contributed by atoms with van der Waals surface area (Å²) < 4.78 is 21.4. The third-order valence-electron chi connectivity index (χ3n) is 4.82. The van der Waals surface area contributed by atoms with E-state index in [9.17, 15) is 14.0 Å². The summed E-state index contributed by atoms with van der Waals surface area (Å²) in [6, 6.07) is 6.05. The molecule has 0 spiro atoms. The molecule has 0 saturated heterocycles. The predicted molar refractivity (Wildman–Crippen MR) is 91.5 cm³/mol. The highest BCUT2D eigenvalue weighted by molar-refractivity contribution is 5.85. The average Bonchev–Trinajstić information content (AvgIpc) is 2.58. The van der Waals surface area contributed by atoms with E-state index in [0.29, 0.717) is 12.1 Å². The lowest BCUT2D eigenvalue weighted by atomic mass is 9.86. The smallest absolute Gasteiger partial charge is 0.404 e. The van der Waals surface area contributed by atoms with Gasteiger partial charge in [-0.25, -0.2) is 9.18 Å². The van der Waals surface area contributed by atoms with Crippen LogP contribution in [-0.4, -0.2) is 28.4 Å². The zero-order valence-electron chi connectivity index (χ0n) is 14.0. The number of hydrogen-bond donors (Lipinski definition) is 2. The lowest BCUT2D eigenvalue weighted by molar-refractivity contribution is 0.168. The first-order chi connectivity index (χ1) is 12.0. The normalized spacial score (nSPS) is 20.4. The minimum absolute atomic E-state index is 0.0242. The van der Waals surface area contributed by atoms with Crippen molar-refractivity contribution in [1.82, 2.24) is 9.88 Å². The minimum Gasteiger partial charge on any atom is -0.488 e. The Morgan fingerprint density at radius 3 is 2.64 bits per heavy atom. The van der Waals surface area contributed by atoms with Crippen LogP contribution in [0.15, 0.2) is 29.1 Å². The summed E-state index contributed by atoms with van der Waals surface area (Å²) in [7, 11) is 1.60. The topological polar surface area (TPSA) is 80.6 Å². The second kappa shape index (κ2) is 7.13. The number of fused-ring (bicyclic) bond motifs is 1. The fourth-order valence-corrected chi connectivity index (χ4v) is 3.41. The van der Waals surface area contributed by atoms with Gasteiger partial charge in [0.05, 0.1) is 12.1 Å². The number of aryl methyl sites for hydroxylation is 1. The molecule has 0 atom stereocenters. The third-order valence-corrected chi connectivity index (χ3v) is 4.82. The van der Waals surface area contributed by atoms with Crippen molar-refractivity contribution in [2.75, 3.05) is 6.61 Å². The number of halogens is 1. The molecule has 134 valence electrons. The number of rotatable bonds is 4. The molecule has 1 aliphatic carbocycles. The van der Waals surface area contributed by atoms with Gasteiger partial charge in [0.2, 0.25) is 0 Å². The summed E-state index contributed by atoms with van der Waals surface area (Å²) in [4.78, 5) is 22.5. The number of aromatic nitrogens is 1. The molecule has 7 heteroatoms. The van der Waals surface area contributed by atoms with Crippen molar-refractivity contribution < 1.29 is 19.0 Å². The number of nitrogens with one attached hydrogen (secondary N) is 1. The van der Waals surface area contributed by atoms with Gasteiger partial charge in [-0.2, -0.15) is 0 Å². The van der Waals surface area contributed by atoms with E-state index in [1.54, 1.807) is 19.2 Å². The number of ether oxygens (including phenoxy) is 1. The van der Waals surface area contributed by atoms with Crippen molar-refractivity contribution in [2.45, 2.75) is 31.7 Å². The van der Waals surface area contributed by atoms with Gasteiger partial charge in [0, 0.05) is 24.5 Å². The largest absolute Gasteiger partial charge is 0.488 e. The summed E-state index contributed by atoms with van der Waals surface area (Å²) in [5.74, 6) is -0.152. The molecule has 0 aliphatic heterocycles. The Hall–Kier alpha value is -2.57. The van der Waals surface area contributed by atoms with Gasteiger partial charge < -0.3 is 19.7 Å². The second-order valence-electron chi connectivity index (χ2n) is 6.52. The van der Waals surface area contributed by atoms with Crippen molar-refractivity contribution in [2.24, 2.45) is 13.0 Å².